The summed E-state index contributed by atoms with van der Waals surface area (Å²) in [5.74, 6) is 1.90. The van der Waals surface area contributed by atoms with Crippen LogP contribution in [0.2, 0.25) is 0 Å². The molecule has 0 fully saturated rings. The van der Waals surface area contributed by atoms with E-state index in [-0.39, 0.29) is 0 Å². The fraction of sp³-hybridized carbons (Fsp3) is 0.636. The standard InChI is InChI=1S/C11H16/c1-2-4-7-11-9-5-8-10(11)6-3-1/h1-2,5,8,10-11H,3-4,6-7,9H2. The van der Waals surface area contributed by atoms with Gasteiger partial charge in [-0.05, 0) is 43.9 Å². The zero-order chi connectivity index (χ0) is 7.52. The Hall–Kier alpha value is -0.520. The second-order valence-corrected chi connectivity index (χ2v) is 3.71. The van der Waals surface area contributed by atoms with Crippen molar-refractivity contribution < 1.29 is 0 Å². The molecule has 0 heterocycles. The number of hydrogen-bond donors (Lipinski definition) is 0. The lowest BCUT2D eigenvalue weighted by Gasteiger charge is -2.19. The highest BCUT2D eigenvalue weighted by molar-refractivity contribution is 5.03. The molecule has 0 spiro atoms. The third-order valence-corrected chi connectivity index (χ3v) is 2.97. The number of hydrogen-bond acceptors (Lipinski definition) is 0. The molecule has 0 aromatic heterocycles. The molecule has 2 atom stereocenters. The van der Waals surface area contributed by atoms with Crippen LogP contribution in [0.4, 0.5) is 0 Å². The summed E-state index contributed by atoms with van der Waals surface area (Å²) in [6, 6.07) is 0. The predicted octanol–water partition coefficient (Wildman–Crippen LogP) is 3.31. The zero-order valence-corrected chi connectivity index (χ0v) is 7.00. The third kappa shape index (κ3) is 1.55. The summed E-state index contributed by atoms with van der Waals surface area (Å²) < 4.78 is 0. The third-order valence-electron chi connectivity index (χ3n) is 2.97. The van der Waals surface area contributed by atoms with E-state index >= 15 is 0 Å². The van der Waals surface area contributed by atoms with Gasteiger partial charge in [-0.3, -0.25) is 0 Å². The van der Waals surface area contributed by atoms with Gasteiger partial charge in [0.05, 0.1) is 0 Å². The Labute approximate surface area is 69.0 Å². The van der Waals surface area contributed by atoms with E-state index in [1.165, 1.54) is 32.1 Å². The molecule has 0 radical (unpaired) electrons. The van der Waals surface area contributed by atoms with Gasteiger partial charge in [0, 0.05) is 0 Å². The number of fused-ring (bicyclic) bond motifs is 1. The van der Waals surface area contributed by atoms with E-state index in [9.17, 15) is 0 Å². The van der Waals surface area contributed by atoms with Crippen molar-refractivity contribution in [1.82, 2.24) is 0 Å². The van der Waals surface area contributed by atoms with Gasteiger partial charge in [-0.1, -0.05) is 24.3 Å². The smallest absolute Gasteiger partial charge is 0.0199 e. The molecule has 0 bridgehead atoms. The Morgan fingerprint density at radius 1 is 0.909 bits per heavy atom. The summed E-state index contributed by atoms with van der Waals surface area (Å²) in [4.78, 5) is 0. The van der Waals surface area contributed by atoms with Crippen LogP contribution in [0.25, 0.3) is 0 Å². The zero-order valence-electron chi connectivity index (χ0n) is 7.00. The fourth-order valence-corrected chi connectivity index (χ4v) is 2.26. The maximum absolute atomic E-state index is 2.43. The Morgan fingerprint density at radius 3 is 2.64 bits per heavy atom. The molecule has 0 aliphatic heterocycles. The lowest BCUT2D eigenvalue weighted by Crippen LogP contribution is -2.08. The second kappa shape index (κ2) is 3.25. The van der Waals surface area contributed by atoms with Crippen LogP contribution in [0.1, 0.15) is 32.1 Å². The van der Waals surface area contributed by atoms with Crippen molar-refractivity contribution in [3.63, 3.8) is 0 Å². The van der Waals surface area contributed by atoms with Gasteiger partial charge in [-0.15, -0.1) is 0 Å². The maximum atomic E-state index is 2.43. The predicted molar refractivity (Wildman–Crippen MR) is 48.3 cm³/mol. The molecule has 0 N–H and O–H groups in total. The van der Waals surface area contributed by atoms with Crippen LogP contribution in [-0.2, 0) is 0 Å². The van der Waals surface area contributed by atoms with Gasteiger partial charge in [-0.25, -0.2) is 0 Å². The second-order valence-electron chi connectivity index (χ2n) is 3.71. The summed E-state index contributed by atoms with van der Waals surface area (Å²) in [6.45, 7) is 0. The first-order valence-electron chi connectivity index (χ1n) is 4.78. The van der Waals surface area contributed by atoms with E-state index in [1.807, 2.05) is 0 Å². The van der Waals surface area contributed by atoms with Gasteiger partial charge in [0.15, 0.2) is 0 Å². The Balaban J connectivity index is 2.01. The number of rotatable bonds is 0. The van der Waals surface area contributed by atoms with Gasteiger partial charge in [-0.2, -0.15) is 0 Å². The molecule has 2 aliphatic rings. The van der Waals surface area contributed by atoms with Crippen molar-refractivity contribution in [2.24, 2.45) is 11.8 Å². The quantitative estimate of drug-likeness (QED) is 0.462. The van der Waals surface area contributed by atoms with Crippen LogP contribution in [0.3, 0.4) is 0 Å². The first-order chi connectivity index (χ1) is 5.47. The number of allylic oxidation sites excluding steroid dienone is 4. The minimum Gasteiger partial charge on any atom is -0.0885 e. The van der Waals surface area contributed by atoms with E-state index in [1.54, 1.807) is 0 Å². The molecule has 60 valence electrons. The molecule has 11 heavy (non-hydrogen) atoms. The van der Waals surface area contributed by atoms with Crippen LogP contribution < -0.4 is 0 Å². The van der Waals surface area contributed by atoms with E-state index in [0.717, 1.165) is 11.8 Å². The van der Waals surface area contributed by atoms with Crippen molar-refractivity contribution in [2.45, 2.75) is 32.1 Å². The highest BCUT2D eigenvalue weighted by Gasteiger charge is 2.21. The van der Waals surface area contributed by atoms with Crippen LogP contribution in [0, 0.1) is 11.8 Å². The molecule has 0 aromatic rings. The molecule has 0 amide bonds. The van der Waals surface area contributed by atoms with E-state index in [0.29, 0.717) is 0 Å². The van der Waals surface area contributed by atoms with Crippen LogP contribution in [0.15, 0.2) is 24.3 Å². The summed E-state index contributed by atoms with van der Waals surface area (Å²) in [5.41, 5.74) is 0. The van der Waals surface area contributed by atoms with Gasteiger partial charge in [0.2, 0.25) is 0 Å². The molecule has 2 aliphatic carbocycles. The molecule has 2 unspecified atom stereocenters. The normalized spacial score (nSPS) is 36.4. The van der Waals surface area contributed by atoms with Crippen LogP contribution in [-0.4, -0.2) is 0 Å². The lowest BCUT2D eigenvalue weighted by molar-refractivity contribution is 0.375. The van der Waals surface area contributed by atoms with Gasteiger partial charge >= 0.3 is 0 Å². The monoisotopic (exact) mass is 148 g/mol. The highest BCUT2D eigenvalue weighted by Crippen LogP contribution is 2.33. The van der Waals surface area contributed by atoms with E-state index in [4.69, 9.17) is 0 Å². The minimum atomic E-state index is 0.917. The summed E-state index contributed by atoms with van der Waals surface area (Å²) >= 11 is 0. The van der Waals surface area contributed by atoms with Crippen molar-refractivity contribution in [1.29, 1.82) is 0 Å². The summed E-state index contributed by atoms with van der Waals surface area (Å²) in [7, 11) is 0. The molecule has 0 saturated heterocycles. The average molecular weight is 148 g/mol. The van der Waals surface area contributed by atoms with Crippen molar-refractivity contribution >= 4 is 0 Å². The highest BCUT2D eigenvalue weighted by atomic mass is 14.3. The topological polar surface area (TPSA) is 0 Å². The van der Waals surface area contributed by atoms with Gasteiger partial charge < -0.3 is 0 Å². The molecular formula is C11H16. The lowest BCUT2D eigenvalue weighted by atomic mass is 9.86. The molecule has 0 nitrogen and oxygen atoms in total. The largest absolute Gasteiger partial charge is 0.0885 e. The van der Waals surface area contributed by atoms with Crippen molar-refractivity contribution in [3.8, 4) is 0 Å². The van der Waals surface area contributed by atoms with Crippen molar-refractivity contribution in [3.05, 3.63) is 24.3 Å². The van der Waals surface area contributed by atoms with Gasteiger partial charge in [0.25, 0.3) is 0 Å². The maximum Gasteiger partial charge on any atom is -0.0199 e. The van der Waals surface area contributed by atoms with E-state index in [2.05, 4.69) is 24.3 Å². The Kier molecular flexibility index (Phi) is 2.11. The Bertz CT molecular complexity index is 176. The molecule has 0 heteroatoms. The van der Waals surface area contributed by atoms with Gasteiger partial charge in [0.1, 0.15) is 0 Å². The molecule has 0 saturated carbocycles. The first kappa shape index (κ1) is 7.15. The summed E-state index contributed by atoms with van der Waals surface area (Å²) in [6.07, 6.45) is 16.3. The van der Waals surface area contributed by atoms with E-state index < -0.39 is 0 Å². The molecular weight excluding hydrogens is 132 g/mol. The first-order valence-corrected chi connectivity index (χ1v) is 4.78. The van der Waals surface area contributed by atoms with Crippen LogP contribution in [0.5, 0.6) is 0 Å². The average Bonchev–Trinajstić information content (AvgIpc) is 2.35. The SMILES string of the molecule is C1=CCCC2CC=CC2CC1. The van der Waals surface area contributed by atoms with Crippen molar-refractivity contribution in [2.75, 3.05) is 0 Å². The Morgan fingerprint density at radius 2 is 1.73 bits per heavy atom. The fourth-order valence-electron chi connectivity index (χ4n) is 2.26. The summed E-state index contributed by atoms with van der Waals surface area (Å²) in [5, 5.41) is 0. The molecule has 2 rings (SSSR count). The molecule has 0 aromatic carbocycles. The minimum absolute atomic E-state index is 0.917. The van der Waals surface area contributed by atoms with Crippen LogP contribution >= 0.6 is 0 Å².